The molecular formula is C19H26ClN3O2. The number of rotatable bonds is 8. The summed E-state index contributed by atoms with van der Waals surface area (Å²) in [6, 6.07) is 7.10. The Bertz CT molecular complexity index is 645. The van der Waals surface area contributed by atoms with Gasteiger partial charge in [0.05, 0.1) is 23.8 Å². The van der Waals surface area contributed by atoms with E-state index in [9.17, 15) is 9.59 Å². The fourth-order valence-electron chi connectivity index (χ4n) is 2.92. The molecule has 1 aliphatic carbocycles. The molecule has 0 aliphatic heterocycles. The van der Waals surface area contributed by atoms with Crippen molar-refractivity contribution in [2.45, 2.75) is 32.6 Å². The van der Waals surface area contributed by atoms with Gasteiger partial charge in [0.25, 0.3) is 0 Å². The molecule has 0 bridgehead atoms. The number of hydrogen-bond acceptors (Lipinski definition) is 3. The van der Waals surface area contributed by atoms with Crippen LogP contribution in [0.25, 0.3) is 0 Å². The topological polar surface area (TPSA) is 52.7 Å². The van der Waals surface area contributed by atoms with Crippen molar-refractivity contribution in [3.05, 3.63) is 41.1 Å². The van der Waals surface area contributed by atoms with E-state index in [1.807, 2.05) is 17.0 Å². The summed E-state index contributed by atoms with van der Waals surface area (Å²) in [6.07, 6.45) is 6.18. The SMILES string of the molecule is CCCN(C(=O)CN(C)CC(=O)Nc1ccccc1Cl)C1=CCCC1. The highest BCUT2D eigenvalue weighted by Gasteiger charge is 2.21. The average Bonchev–Trinajstić information content (AvgIpc) is 3.08. The van der Waals surface area contributed by atoms with Crippen molar-refractivity contribution in [3.8, 4) is 0 Å². The summed E-state index contributed by atoms with van der Waals surface area (Å²) in [7, 11) is 1.78. The molecule has 0 saturated carbocycles. The normalized spacial score (nSPS) is 13.7. The van der Waals surface area contributed by atoms with Gasteiger partial charge in [-0.25, -0.2) is 0 Å². The van der Waals surface area contributed by atoms with Crippen LogP contribution in [0, 0.1) is 0 Å². The average molecular weight is 364 g/mol. The Hall–Kier alpha value is -1.85. The summed E-state index contributed by atoms with van der Waals surface area (Å²) >= 11 is 6.04. The molecule has 25 heavy (non-hydrogen) atoms. The van der Waals surface area contributed by atoms with Crippen LogP contribution >= 0.6 is 11.6 Å². The first-order valence-electron chi connectivity index (χ1n) is 8.73. The first-order valence-corrected chi connectivity index (χ1v) is 9.11. The van der Waals surface area contributed by atoms with Crippen LogP contribution in [0.3, 0.4) is 0 Å². The van der Waals surface area contributed by atoms with Crippen molar-refractivity contribution in [1.29, 1.82) is 0 Å². The zero-order valence-electron chi connectivity index (χ0n) is 14.9. The van der Waals surface area contributed by atoms with E-state index in [1.165, 1.54) is 0 Å². The predicted octanol–water partition coefficient (Wildman–Crippen LogP) is 3.52. The van der Waals surface area contributed by atoms with Crippen LogP contribution in [0.1, 0.15) is 32.6 Å². The summed E-state index contributed by atoms with van der Waals surface area (Å²) in [5.74, 6) is -0.145. The Morgan fingerprint density at radius 2 is 2.00 bits per heavy atom. The highest BCUT2D eigenvalue weighted by molar-refractivity contribution is 6.33. The Morgan fingerprint density at radius 3 is 2.64 bits per heavy atom. The van der Waals surface area contributed by atoms with E-state index in [2.05, 4.69) is 18.3 Å². The molecule has 136 valence electrons. The number of nitrogens with one attached hydrogen (secondary N) is 1. The number of para-hydroxylation sites is 1. The minimum Gasteiger partial charge on any atom is -0.324 e. The van der Waals surface area contributed by atoms with Crippen LogP contribution in [0.4, 0.5) is 5.69 Å². The molecule has 6 heteroatoms. The van der Waals surface area contributed by atoms with E-state index >= 15 is 0 Å². The fourth-order valence-corrected chi connectivity index (χ4v) is 3.10. The standard InChI is InChI=1S/C19H26ClN3O2/c1-3-12-23(15-8-4-5-9-15)19(25)14-22(2)13-18(24)21-17-11-7-6-10-16(17)20/h6-8,10-11H,3-5,9,12-14H2,1-2H3,(H,21,24). The third-order valence-electron chi connectivity index (χ3n) is 4.08. The van der Waals surface area contributed by atoms with Crippen molar-refractivity contribution in [1.82, 2.24) is 9.80 Å². The number of benzene rings is 1. The highest BCUT2D eigenvalue weighted by atomic mass is 35.5. The summed E-state index contributed by atoms with van der Waals surface area (Å²) in [5.41, 5.74) is 1.71. The maximum atomic E-state index is 12.6. The molecular weight excluding hydrogens is 338 g/mol. The summed E-state index contributed by atoms with van der Waals surface area (Å²) in [5, 5.41) is 3.27. The van der Waals surface area contributed by atoms with E-state index in [0.29, 0.717) is 10.7 Å². The Labute approximate surface area is 154 Å². The first kappa shape index (κ1) is 19.5. The van der Waals surface area contributed by atoms with Gasteiger partial charge in [0.2, 0.25) is 11.8 Å². The molecule has 1 aromatic rings. The largest absolute Gasteiger partial charge is 0.324 e. The van der Waals surface area contributed by atoms with Gasteiger partial charge < -0.3 is 10.2 Å². The lowest BCUT2D eigenvalue weighted by molar-refractivity contribution is -0.130. The summed E-state index contributed by atoms with van der Waals surface area (Å²) in [6.45, 7) is 3.14. The number of likely N-dealkylation sites (N-methyl/N-ethyl adjacent to an activating group) is 1. The van der Waals surface area contributed by atoms with Gasteiger partial charge in [-0.1, -0.05) is 36.7 Å². The van der Waals surface area contributed by atoms with Gasteiger partial charge in [-0.3, -0.25) is 14.5 Å². The fraction of sp³-hybridized carbons (Fsp3) is 0.474. The molecule has 5 nitrogen and oxygen atoms in total. The molecule has 1 aliphatic rings. The molecule has 1 aromatic carbocycles. The quantitative estimate of drug-likeness (QED) is 0.768. The Balaban J connectivity index is 1.87. The van der Waals surface area contributed by atoms with E-state index in [4.69, 9.17) is 11.6 Å². The summed E-state index contributed by atoms with van der Waals surface area (Å²) < 4.78 is 0. The third kappa shape index (κ3) is 5.87. The number of carbonyl (C=O) groups is 2. The van der Waals surface area contributed by atoms with Crippen LogP contribution in [0.5, 0.6) is 0 Å². The zero-order valence-corrected chi connectivity index (χ0v) is 15.7. The minimum atomic E-state index is -0.189. The van der Waals surface area contributed by atoms with Gasteiger partial charge in [0.15, 0.2) is 0 Å². The van der Waals surface area contributed by atoms with Crippen molar-refractivity contribution in [2.24, 2.45) is 0 Å². The number of hydrogen-bond donors (Lipinski definition) is 1. The molecule has 0 aromatic heterocycles. The molecule has 1 N–H and O–H groups in total. The second kappa shape index (κ2) is 9.59. The number of allylic oxidation sites excluding steroid dienone is 2. The van der Waals surface area contributed by atoms with Gasteiger partial charge in [-0.15, -0.1) is 0 Å². The van der Waals surface area contributed by atoms with Crippen LogP contribution in [0.2, 0.25) is 5.02 Å². The predicted molar refractivity (Wildman–Crippen MR) is 102 cm³/mol. The van der Waals surface area contributed by atoms with Gasteiger partial charge in [0.1, 0.15) is 0 Å². The molecule has 0 heterocycles. The van der Waals surface area contributed by atoms with Crippen molar-refractivity contribution in [2.75, 3.05) is 32.0 Å². The molecule has 0 spiro atoms. The lowest BCUT2D eigenvalue weighted by Gasteiger charge is -2.26. The molecule has 2 amide bonds. The minimum absolute atomic E-state index is 0.0445. The molecule has 2 rings (SSSR count). The monoisotopic (exact) mass is 363 g/mol. The van der Waals surface area contributed by atoms with Gasteiger partial charge >= 0.3 is 0 Å². The highest BCUT2D eigenvalue weighted by Crippen LogP contribution is 2.22. The second-order valence-electron chi connectivity index (χ2n) is 6.33. The van der Waals surface area contributed by atoms with Crippen LogP contribution in [-0.4, -0.2) is 48.3 Å². The van der Waals surface area contributed by atoms with Crippen molar-refractivity contribution < 1.29 is 9.59 Å². The van der Waals surface area contributed by atoms with Crippen LogP contribution in [-0.2, 0) is 9.59 Å². The van der Waals surface area contributed by atoms with Gasteiger partial charge in [-0.2, -0.15) is 0 Å². The second-order valence-corrected chi connectivity index (χ2v) is 6.74. The molecule has 0 radical (unpaired) electrons. The maximum absolute atomic E-state index is 12.6. The lowest BCUT2D eigenvalue weighted by atomic mass is 10.2. The molecule has 0 unspecified atom stereocenters. The van der Waals surface area contributed by atoms with Gasteiger partial charge in [-0.05, 0) is 44.9 Å². The number of carbonyl (C=O) groups excluding carboxylic acids is 2. The van der Waals surface area contributed by atoms with E-state index in [0.717, 1.165) is 37.9 Å². The smallest absolute Gasteiger partial charge is 0.240 e. The van der Waals surface area contributed by atoms with Gasteiger partial charge in [0, 0.05) is 12.2 Å². The number of anilines is 1. The number of halogens is 1. The van der Waals surface area contributed by atoms with Crippen molar-refractivity contribution in [3.63, 3.8) is 0 Å². The van der Waals surface area contributed by atoms with Crippen LogP contribution in [0.15, 0.2) is 36.0 Å². The van der Waals surface area contributed by atoms with E-state index in [-0.39, 0.29) is 24.9 Å². The lowest BCUT2D eigenvalue weighted by Crippen LogP contribution is -2.41. The van der Waals surface area contributed by atoms with E-state index < -0.39 is 0 Å². The van der Waals surface area contributed by atoms with Crippen LogP contribution < -0.4 is 5.32 Å². The van der Waals surface area contributed by atoms with Crippen molar-refractivity contribution >= 4 is 29.1 Å². The molecule has 0 atom stereocenters. The molecule has 0 saturated heterocycles. The third-order valence-corrected chi connectivity index (χ3v) is 4.41. The Morgan fingerprint density at radius 1 is 1.24 bits per heavy atom. The molecule has 0 fully saturated rings. The zero-order chi connectivity index (χ0) is 18.2. The number of nitrogens with zero attached hydrogens (tertiary/aromatic N) is 2. The maximum Gasteiger partial charge on any atom is 0.240 e. The number of amides is 2. The first-order chi connectivity index (χ1) is 12.0. The summed E-state index contributed by atoms with van der Waals surface area (Å²) in [4.78, 5) is 28.4. The Kier molecular flexibility index (Phi) is 7.47. The van der Waals surface area contributed by atoms with E-state index in [1.54, 1.807) is 24.1 Å².